The van der Waals surface area contributed by atoms with Gasteiger partial charge in [0, 0.05) is 26.4 Å². The van der Waals surface area contributed by atoms with E-state index in [1.807, 2.05) is 13.1 Å². The number of nitrogens with zero attached hydrogens (tertiary/aromatic N) is 2. The lowest BCUT2D eigenvalue weighted by Gasteiger charge is -2.18. The monoisotopic (exact) mass is 265 g/mol. The van der Waals surface area contributed by atoms with Crippen molar-refractivity contribution in [2.75, 3.05) is 7.11 Å². The van der Waals surface area contributed by atoms with E-state index >= 15 is 0 Å². The van der Waals surface area contributed by atoms with Gasteiger partial charge in [-0.25, -0.2) is 0 Å². The lowest BCUT2D eigenvalue weighted by molar-refractivity contribution is -0.118. The van der Waals surface area contributed by atoms with Gasteiger partial charge in [-0.1, -0.05) is 0 Å². The van der Waals surface area contributed by atoms with Crippen molar-refractivity contribution in [3.63, 3.8) is 0 Å². The number of hydrogen-bond donors (Lipinski definition) is 2. The smallest absolute Gasteiger partial charge is 0.244 e. The summed E-state index contributed by atoms with van der Waals surface area (Å²) in [6.45, 7) is 0. The first-order valence-corrected chi connectivity index (χ1v) is 6.29. The summed E-state index contributed by atoms with van der Waals surface area (Å²) >= 11 is 0. The molecule has 6 nitrogen and oxygen atoms in total. The van der Waals surface area contributed by atoms with E-state index in [0.717, 1.165) is 18.5 Å². The van der Waals surface area contributed by atoms with E-state index in [1.165, 1.54) is 6.08 Å². The zero-order valence-corrected chi connectivity index (χ0v) is 11.1. The van der Waals surface area contributed by atoms with Gasteiger partial charge in [0.15, 0.2) is 0 Å². The van der Waals surface area contributed by atoms with Gasteiger partial charge in [-0.15, -0.1) is 0 Å². The SMILES string of the molecule is CO[C@@H]1CC[C@@H](NC(=O)C=Cc2ccnn2C)[C@H]1O. The summed E-state index contributed by atoms with van der Waals surface area (Å²) in [7, 11) is 3.38. The summed E-state index contributed by atoms with van der Waals surface area (Å²) in [5, 5.41) is 16.7. The van der Waals surface area contributed by atoms with Crippen molar-refractivity contribution in [1.29, 1.82) is 0 Å². The number of nitrogens with one attached hydrogen (secondary N) is 1. The minimum Gasteiger partial charge on any atom is -0.388 e. The number of hydrogen-bond acceptors (Lipinski definition) is 4. The standard InChI is InChI=1S/C13H19N3O3/c1-16-9(7-8-14-16)3-6-12(17)15-10-4-5-11(19-2)13(10)18/h3,6-8,10-11,13,18H,4-5H2,1-2H3,(H,15,17)/t10-,11-,13-/m1/s1. The van der Waals surface area contributed by atoms with Crippen molar-refractivity contribution in [3.8, 4) is 0 Å². The second kappa shape index (κ2) is 5.99. The van der Waals surface area contributed by atoms with Gasteiger partial charge in [0.05, 0.1) is 17.8 Å². The zero-order valence-electron chi connectivity index (χ0n) is 11.1. The van der Waals surface area contributed by atoms with Gasteiger partial charge >= 0.3 is 0 Å². The third kappa shape index (κ3) is 3.21. The van der Waals surface area contributed by atoms with Crippen LogP contribution in [0, 0.1) is 0 Å². The lowest BCUT2D eigenvalue weighted by atomic mass is 10.2. The molecular weight excluding hydrogens is 246 g/mol. The van der Waals surface area contributed by atoms with Crippen LogP contribution in [0.1, 0.15) is 18.5 Å². The van der Waals surface area contributed by atoms with Crippen LogP contribution in [0.4, 0.5) is 0 Å². The fourth-order valence-electron chi connectivity index (χ4n) is 2.30. The van der Waals surface area contributed by atoms with E-state index in [0.29, 0.717) is 0 Å². The number of methoxy groups -OCH3 is 1. The highest BCUT2D eigenvalue weighted by atomic mass is 16.5. The number of aliphatic hydroxyl groups excluding tert-OH is 1. The van der Waals surface area contributed by atoms with Gasteiger partial charge in [-0.05, 0) is 25.0 Å². The van der Waals surface area contributed by atoms with Gasteiger partial charge in [-0.3, -0.25) is 9.48 Å². The average Bonchev–Trinajstić information content (AvgIpc) is 2.95. The number of rotatable bonds is 4. The highest BCUT2D eigenvalue weighted by Gasteiger charge is 2.35. The summed E-state index contributed by atoms with van der Waals surface area (Å²) in [5.74, 6) is -0.220. The Labute approximate surface area is 112 Å². The van der Waals surface area contributed by atoms with E-state index in [4.69, 9.17) is 4.74 Å². The van der Waals surface area contributed by atoms with Gasteiger partial charge in [0.1, 0.15) is 6.10 Å². The van der Waals surface area contributed by atoms with Gasteiger partial charge < -0.3 is 15.2 Å². The number of aromatic nitrogens is 2. The molecule has 0 saturated heterocycles. The molecule has 0 bridgehead atoms. The van der Waals surface area contributed by atoms with Crippen LogP contribution in [0.3, 0.4) is 0 Å². The summed E-state index contributed by atoms with van der Waals surface area (Å²) in [6.07, 6.45) is 5.47. The van der Waals surface area contributed by atoms with Crippen molar-refractivity contribution < 1.29 is 14.6 Å². The lowest BCUT2D eigenvalue weighted by Crippen LogP contribution is -2.42. The van der Waals surface area contributed by atoms with Gasteiger partial charge in [0.2, 0.25) is 5.91 Å². The molecule has 6 heteroatoms. The van der Waals surface area contributed by atoms with Crippen molar-refractivity contribution in [2.24, 2.45) is 7.05 Å². The van der Waals surface area contributed by atoms with Crippen LogP contribution in [0.25, 0.3) is 6.08 Å². The topological polar surface area (TPSA) is 76.4 Å². The number of amides is 1. The largest absolute Gasteiger partial charge is 0.388 e. The van der Waals surface area contributed by atoms with E-state index in [1.54, 1.807) is 24.1 Å². The van der Waals surface area contributed by atoms with Crippen LogP contribution in [0.2, 0.25) is 0 Å². The van der Waals surface area contributed by atoms with E-state index in [9.17, 15) is 9.90 Å². The molecule has 19 heavy (non-hydrogen) atoms. The Morgan fingerprint density at radius 3 is 3.00 bits per heavy atom. The predicted molar refractivity (Wildman–Crippen MR) is 70.2 cm³/mol. The molecule has 104 valence electrons. The molecule has 1 aliphatic carbocycles. The molecule has 1 amide bonds. The molecular formula is C13H19N3O3. The maximum atomic E-state index is 11.8. The minimum atomic E-state index is -0.640. The molecule has 1 saturated carbocycles. The molecule has 2 rings (SSSR count). The Morgan fingerprint density at radius 1 is 1.63 bits per heavy atom. The number of carbonyl (C=O) groups is 1. The van der Waals surface area contributed by atoms with Crippen LogP contribution < -0.4 is 5.32 Å². The first-order chi connectivity index (χ1) is 9.11. The Hall–Kier alpha value is -1.66. The molecule has 0 radical (unpaired) electrons. The highest BCUT2D eigenvalue weighted by Crippen LogP contribution is 2.22. The maximum Gasteiger partial charge on any atom is 0.244 e. The molecule has 0 aromatic carbocycles. The average molecular weight is 265 g/mol. The minimum absolute atomic E-state index is 0.189. The van der Waals surface area contributed by atoms with Gasteiger partial charge in [0.25, 0.3) is 0 Å². The Bertz CT molecular complexity index is 469. The summed E-state index contributed by atoms with van der Waals surface area (Å²) < 4.78 is 6.81. The Balaban J connectivity index is 1.88. The summed E-state index contributed by atoms with van der Waals surface area (Å²) in [4.78, 5) is 11.8. The molecule has 2 N–H and O–H groups in total. The molecule has 3 atom stereocenters. The molecule has 0 aliphatic heterocycles. The molecule has 1 aromatic heterocycles. The number of aliphatic hydroxyl groups is 1. The molecule has 0 spiro atoms. The normalized spacial score (nSPS) is 27.0. The first kappa shape index (κ1) is 13.8. The first-order valence-electron chi connectivity index (χ1n) is 6.29. The predicted octanol–water partition coefficient (Wildman–Crippen LogP) is 0.0878. The third-order valence-corrected chi connectivity index (χ3v) is 3.45. The van der Waals surface area contributed by atoms with Crippen LogP contribution in [0.5, 0.6) is 0 Å². The molecule has 1 fully saturated rings. The quantitative estimate of drug-likeness (QED) is 0.756. The number of carbonyl (C=O) groups excluding carboxylic acids is 1. The van der Waals surface area contributed by atoms with E-state index in [2.05, 4.69) is 10.4 Å². The highest BCUT2D eigenvalue weighted by molar-refractivity contribution is 5.91. The van der Waals surface area contributed by atoms with Crippen molar-refractivity contribution in [2.45, 2.75) is 31.1 Å². The second-order valence-electron chi connectivity index (χ2n) is 4.67. The van der Waals surface area contributed by atoms with Crippen LogP contribution in [0.15, 0.2) is 18.3 Å². The van der Waals surface area contributed by atoms with Crippen molar-refractivity contribution >= 4 is 12.0 Å². The Kier molecular flexibility index (Phi) is 4.34. The molecule has 1 aliphatic rings. The number of aryl methyl sites for hydroxylation is 1. The van der Waals surface area contributed by atoms with E-state index < -0.39 is 6.10 Å². The van der Waals surface area contributed by atoms with Crippen molar-refractivity contribution in [1.82, 2.24) is 15.1 Å². The third-order valence-electron chi connectivity index (χ3n) is 3.45. The van der Waals surface area contributed by atoms with Crippen LogP contribution >= 0.6 is 0 Å². The molecule has 0 unspecified atom stereocenters. The zero-order chi connectivity index (χ0) is 13.8. The fraction of sp³-hybridized carbons (Fsp3) is 0.538. The fourth-order valence-corrected chi connectivity index (χ4v) is 2.30. The summed E-state index contributed by atoms with van der Waals surface area (Å²) in [5.41, 5.74) is 0.844. The second-order valence-corrected chi connectivity index (χ2v) is 4.67. The van der Waals surface area contributed by atoms with Crippen molar-refractivity contribution in [3.05, 3.63) is 24.0 Å². The number of ether oxygens (including phenoxy) is 1. The molecule has 1 aromatic rings. The van der Waals surface area contributed by atoms with Gasteiger partial charge in [-0.2, -0.15) is 5.10 Å². The van der Waals surface area contributed by atoms with Crippen LogP contribution in [-0.4, -0.2) is 46.2 Å². The maximum absolute atomic E-state index is 11.8. The van der Waals surface area contributed by atoms with Crippen LogP contribution in [-0.2, 0) is 16.6 Å². The Morgan fingerprint density at radius 2 is 2.42 bits per heavy atom. The van der Waals surface area contributed by atoms with E-state index in [-0.39, 0.29) is 18.1 Å². The summed E-state index contributed by atoms with van der Waals surface area (Å²) in [6, 6.07) is 1.57. The molecule has 1 heterocycles.